The number of nitrogens with two attached hydrogens (primary N) is 1. The van der Waals surface area contributed by atoms with Crippen molar-refractivity contribution in [3.8, 4) is 16.9 Å². The van der Waals surface area contributed by atoms with E-state index in [0.29, 0.717) is 18.8 Å². The molecule has 1 aromatic heterocycles. The van der Waals surface area contributed by atoms with Gasteiger partial charge in [-0.05, 0) is 44.9 Å². The van der Waals surface area contributed by atoms with E-state index in [0.717, 1.165) is 35.5 Å². The van der Waals surface area contributed by atoms with Gasteiger partial charge in [0.15, 0.2) is 0 Å². The summed E-state index contributed by atoms with van der Waals surface area (Å²) in [5.74, 6) is -0.286. The van der Waals surface area contributed by atoms with Gasteiger partial charge in [0.1, 0.15) is 5.75 Å². The number of aromatic hydroxyl groups is 1. The molecule has 0 atom stereocenters. The van der Waals surface area contributed by atoms with E-state index in [1.807, 2.05) is 26.8 Å². The van der Waals surface area contributed by atoms with Gasteiger partial charge in [0.05, 0.1) is 5.56 Å². The summed E-state index contributed by atoms with van der Waals surface area (Å²) >= 11 is 0. The van der Waals surface area contributed by atoms with E-state index in [4.69, 9.17) is 10.5 Å². The largest absolute Gasteiger partial charge is 0.508 e. The van der Waals surface area contributed by atoms with Crippen molar-refractivity contribution in [2.24, 2.45) is 5.73 Å². The molecule has 1 heterocycles. The number of aromatic nitrogens is 1. The Bertz CT molecular complexity index is 705. The first-order valence-corrected chi connectivity index (χ1v) is 7.84. The van der Waals surface area contributed by atoms with Crippen molar-refractivity contribution in [3.05, 3.63) is 41.2 Å². The number of nitrogens with zero attached hydrogens (tertiary/aromatic N) is 1. The molecule has 2 aromatic rings. The summed E-state index contributed by atoms with van der Waals surface area (Å²) in [6, 6.07) is 6.89. The standard InChI is InChI=1S/C18H24N2O3/c1-4-23-10-6-9-20-12(2)16(17(13(20)3)18(19)22)14-7-5-8-15(21)11-14/h5,7-8,11,21H,4,6,9-10H2,1-3H3,(H2,19,22). The molecule has 5 heteroatoms. The highest BCUT2D eigenvalue weighted by atomic mass is 16.5. The van der Waals surface area contributed by atoms with Gasteiger partial charge in [-0.1, -0.05) is 12.1 Å². The first-order valence-electron chi connectivity index (χ1n) is 7.84. The molecule has 5 nitrogen and oxygen atoms in total. The molecule has 124 valence electrons. The second-order valence-electron chi connectivity index (χ2n) is 5.54. The molecule has 0 spiro atoms. The number of amides is 1. The summed E-state index contributed by atoms with van der Waals surface area (Å²) in [7, 11) is 0. The van der Waals surface area contributed by atoms with Crippen molar-refractivity contribution < 1.29 is 14.6 Å². The minimum absolute atomic E-state index is 0.166. The predicted molar refractivity (Wildman–Crippen MR) is 90.6 cm³/mol. The van der Waals surface area contributed by atoms with Crippen LogP contribution < -0.4 is 5.73 Å². The first kappa shape index (κ1) is 17.1. The SMILES string of the molecule is CCOCCCn1c(C)c(C(N)=O)c(-c2cccc(O)c2)c1C. The highest BCUT2D eigenvalue weighted by Gasteiger charge is 2.22. The van der Waals surface area contributed by atoms with Gasteiger partial charge in [-0.15, -0.1) is 0 Å². The molecule has 0 bridgehead atoms. The summed E-state index contributed by atoms with van der Waals surface area (Å²) < 4.78 is 7.48. The van der Waals surface area contributed by atoms with Crippen LogP contribution in [0.3, 0.4) is 0 Å². The van der Waals surface area contributed by atoms with Crippen LogP contribution in [-0.2, 0) is 11.3 Å². The van der Waals surface area contributed by atoms with Crippen LogP contribution >= 0.6 is 0 Å². The molecule has 0 aliphatic carbocycles. The third-order valence-electron chi connectivity index (χ3n) is 4.04. The average molecular weight is 316 g/mol. The quantitative estimate of drug-likeness (QED) is 0.771. The van der Waals surface area contributed by atoms with Crippen LogP contribution in [0, 0.1) is 13.8 Å². The third-order valence-corrected chi connectivity index (χ3v) is 4.04. The average Bonchev–Trinajstić information content (AvgIpc) is 2.75. The number of phenolic OH excluding ortho intramolecular Hbond substituents is 1. The van der Waals surface area contributed by atoms with Gasteiger partial charge in [0.2, 0.25) is 0 Å². The van der Waals surface area contributed by atoms with E-state index in [1.165, 1.54) is 0 Å². The molecular weight excluding hydrogens is 292 g/mol. The lowest BCUT2D eigenvalue weighted by Gasteiger charge is -2.10. The molecule has 0 unspecified atom stereocenters. The predicted octanol–water partition coefficient (Wildman–Crippen LogP) is 3.00. The fourth-order valence-electron chi connectivity index (χ4n) is 3.00. The summed E-state index contributed by atoms with van der Waals surface area (Å²) in [5.41, 5.74) is 9.54. The van der Waals surface area contributed by atoms with Gasteiger partial charge in [-0.2, -0.15) is 0 Å². The number of rotatable bonds is 7. The lowest BCUT2D eigenvalue weighted by Crippen LogP contribution is -2.13. The molecular formula is C18H24N2O3. The number of ether oxygens (including phenoxy) is 1. The minimum Gasteiger partial charge on any atom is -0.508 e. The Morgan fingerprint density at radius 1 is 1.30 bits per heavy atom. The number of carbonyl (C=O) groups excluding carboxylic acids is 1. The Hall–Kier alpha value is -2.27. The summed E-state index contributed by atoms with van der Waals surface area (Å²) in [6.45, 7) is 7.99. The van der Waals surface area contributed by atoms with E-state index in [2.05, 4.69) is 4.57 Å². The second-order valence-corrected chi connectivity index (χ2v) is 5.54. The molecule has 0 saturated heterocycles. The highest BCUT2D eigenvalue weighted by molar-refractivity contribution is 6.02. The molecule has 0 radical (unpaired) electrons. The molecule has 1 amide bonds. The third kappa shape index (κ3) is 3.56. The molecule has 0 saturated carbocycles. The topological polar surface area (TPSA) is 77.5 Å². The number of benzene rings is 1. The van der Waals surface area contributed by atoms with Crippen LogP contribution in [0.25, 0.3) is 11.1 Å². The number of primary amides is 1. The Kier molecular flexibility index (Phi) is 5.45. The van der Waals surface area contributed by atoms with Crippen LogP contribution in [0.2, 0.25) is 0 Å². The summed E-state index contributed by atoms with van der Waals surface area (Å²) in [4.78, 5) is 12.0. The zero-order chi connectivity index (χ0) is 17.0. The van der Waals surface area contributed by atoms with Crippen molar-refractivity contribution >= 4 is 5.91 Å². The van der Waals surface area contributed by atoms with Gasteiger partial charge >= 0.3 is 0 Å². The van der Waals surface area contributed by atoms with Crippen LogP contribution in [0.5, 0.6) is 5.75 Å². The Labute approximate surface area is 136 Å². The van der Waals surface area contributed by atoms with E-state index >= 15 is 0 Å². The van der Waals surface area contributed by atoms with Crippen LogP contribution in [0.15, 0.2) is 24.3 Å². The zero-order valence-corrected chi connectivity index (χ0v) is 13.9. The normalized spacial score (nSPS) is 10.9. The monoisotopic (exact) mass is 316 g/mol. The van der Waals surface area contributed by atoms with E-state index in [-0.39, 0.29) is 5.75 Å². The van der Waals surface area contributed by atoms with Crippen LogP contribution in [-0.4, -0.2) is 28.8 Å². The Morgan fingerprint density at radius 2 is 2.04 bits per heavy atom. The van der Waals surface area contributed by atoms with Crippen molar-refractivity contribution in [1.82, 2.24) is 4.57 Å². The van der Waals surface area contributed by atoms with Crippen molar-refractivity contribution in [2.45, 2.75) is 33.7 Å². The number of phenols is 1. The molecule has 0 fully saturated rings. The molecule has 1 aromatic carbocycles. The Morgan fingerprint density at radius 3 is 2.65 bits per heavy atom. The van der Waals surface area contributed by atoms with Gasteiger partial charge in [-0.25, -0.2) is 0 Å². The minimum atomic E-state index is -0.451. The van der Waals surface area contributed by atoms with Gasteiger partial charge in [0, 0.05) is 36.7 Å². The molecule has 3 N–H and O–H groups in total. The fourth-order valence-corrected chi connectivity index (χ4v) is 3.00. The highest BCUT2D eigenvalue weighted by Crippen LogP contribution is 2.33. The number of carbonyl (C=O) groups is 1. The molecule has 2 rings (SSSR count). The van der Waals surface area contributed by atoms with Gasteiger partial charge in [0.25, 0.3) is 5.91 Å². The maximum Gasteiger partial charge on any atom is 0.251 e. The number of hydrogen-bond acceptors (Lipinski definition) is 3. The van der Waals surface area contributed by atoms with Crippen molar-refractivity contribution in [1.29, 1.82) is 0 Å². The van der Waals surface area contributed by atoms with E-state index in [1.54, 1.807) is 18.2 Å². The smallest absolute Gasteiger partial charge is 0.251 e. The van der Waals surface area contributed by atoms with Gasteiger partial charge < -0.3 is 20.1 Å². The van der Waals surface area contributed by atoms with Crippen molar-refractivity contribution in [2.75, 3.05) is 13.2 Å². The van der Waals surface area contributed by atoms with E-state index in [9.17, 15) is 9.90 Å². The summed E-state index contributed by atoms with van der Waals surface area (Å²) in [6.07, 6.45) is 0.863. The Balaban J connectivity index is 2.47. The first-order chi connectivity index (χ1) is 11.0. The second kappa shape index (κ2) is 7.33. The number of hydrogen-bond donors (Lipinski definition) is 2. The molecule has 0 aliphatic heterocycles. The molecule has 0 aliphatic rings. The molecule has 23 heavy (non-hydrogen) atoms. The zero-order valence-electron chi connectivity index (χ0n) is 13.9. The van der Waals surface area contributed by atoms with Crippen LogP contribution in [0.4, 0.5) is 0 Å². The summed E-state index contributed by atoms with van der Waals surface area (Å²) in [5, 5.41) is 9.73. The van der Waals surface area contributed by atoms with Crippen molar-refractivity contribution in [3.63, 3.8) is 0 Å². The maximum atomic E-state index is 12.0. The lowest BCUT2D eigenvalue weighted by atomic mass is 10.00. The van der Waals surface area contributed by atoms with Gasteiger partial charge in [-0.3, -0.25) is 4.79 Å². The fraction of sp³-hybridized carbons (Fsp3) is 0.389. The maximum absolute atomic E-state index is 12.0. The van der Waals surface area contributed by atoms with Crippen LogP contribution in [0.1, 0.15) is 35.1 Å². The van der Waals surface area contributed by atoms with E-state index < -0.39 is 5.91 Å². The lowest BCUT2D eigenvalue weighted by molar-refractivity contribution is 0.1000.